The second-order valence-corrected chi connectivity index (χ2v) is 7.25. The zero-order chi connectivity index (χ0) is 13.9. The van der Waals surface area contributed by atoms with Crippen molar-refractivity contribution in [2.75, 3.05) is 24.6 Å². The fourth-order valence-corrected chi connectivity index (χ4v) is 4.58. The number of rotatable bonds is 3. The summed E-state index contributed by atoms with van der Waals surface area (Å²) in [7, 11) is 0. The third-order valence-corrected chi connectivity index (χ3v) is 5.74. The van der Waals surface area contributed by atoms with E-state index in [1.54, 1.807) is 0 Å². The highest BCUT2D eigenvalue weighted by Gasteiger charge is 2.33. The molecular weight excluding hydrogens is 292 g/mol. The second kappa shape index (κ2) is 6.18. The summed E-state index contributed by atoms with van der Waals surface area (Å²) < 4.78 is 0. The van der Waals surface area contributed by atoms with Gasteiger partial charge < -0.3 is 10.2 Å². The molecule has 2 aliphatic heterocycles. The lowest BCUT2D eigenvalue weighted by Crippen LogP contribution is -2.40. The van der Waals surface area contributed by atoms with Crippen molar-refractivity contribution in [1.29, 1.82) is 0 Å². The van der Waals surface area contributed by atoms with Crippen LogP contribution in [-0.4, -0.2) is 47.4 Å². The van der Waals surface area contributed by atoms with Crippen molar-refractivity contribution in [3.05, 3.63) is 22.4 Å². The first-order chi connectivity index (χ1) is 9.74. The first-order valence-electron chi connectivity index (χ1n) is 6.93. The number of likely N-dealkylation sites (tertiary alicyclic amines) is 1. The number of thiophene rings is 1. The fourth-order valence-electron chi connectivity index (χ4n) is 2.73. The maximum absolute atomic E-state index is 12.3. The molecule has 4 nitrogen and oxygen atoms in total. The largest absolute Gasteiger partial charge is 0.347 e. The van der Waals surface area contributed by atoms with Crippen molar-refractivity contribution in [3.8, 4) is 0 Å². The van der Waals surface area contributed by atoms with Gasteiger partial charge in [-0.05, 0) is 30.0 Å². The van der Waals surface area contributed by atoms with Gasteiger partial charge in [-0.2, -0.15) is 23.1 Å². The van der Waals surface area contributed by atoms with E-state index in [4.69, 9.17) is 0 Å². The Balaban J connectivity index is 1.51. The molecule has 20 heavy (non-hydrogen) atoms. The van der Waals surface area contributed by atoms with Gasteiger partial charge in [0.1, 0.15) is 0 Å². The molecule has 3 rings (SSSR count). The first-order valence-corrected chi connectivity index (χ1v) is 9.03. The van der Waals surface area contributed by atoms with Crippen LogP contribution in [0, 0.1) is 5.92 Å². The van der Waals surface area contributed by atoms with Crippen molar-refractivity contribution in [2.45, 2.75) is 18.9 Å². The van der Waals surface area contributed by atoms with Gasteiger partial charge in [0, 0.05) is 41.7 Å². The first kappa shape index (κ1) is 13.9. The number of carbonyl (C=O) groups is 2. The molecule has 2 amide bonds. The number of amides is 2. The Hall–Kier alpha value is -1.01. The van der Waals surface area contributed by atoms with Gasteiger partial charge >= 0.3 is 0 Å². The zero-order valence-electron chi connectivity index (χ0n) is 11.2. The Bertz CT molecular complexity index is 483. The number of carbonyl (C=O) groups excluding carboxylic acids is 2. The normalized spacial score (nSPS) is 25.9. The van der Waals surface area contributed by atoms with E-state index >= 15 is 0 Å². The Kier molecular flexibility index (Phi) is 4.31. The standard InChI is InChI=1S/C14H18N2O2S2/c17-13(10-2-5-19-8-10)15-12-1-4-16(7-12)14(18)11-3-6-20-9-11/h2,5,8,11-12H,1,3-4,6-7,9H2,(H,15,17)/t11?,12-/m1/s1. The quantitative estimate of drug-likeness (QED) is 0.926. The molecule has 2 fully saturated rings. The molecule has 1 unspecified atom stereocenters. The highest BCUT2D eigenvalue weighted by molar-refractivity contribution is 7.99. The van der Waals surface area contributed by atoms with Gasteiger partial charge in [-0.3, -0.25) is 9.59 Å². The van der Waals surface area contributed by atoms with E-state index in [1.165, 1.54) is 11.3 Å². The molecule has 0 aromatic carbocycles. The molecule has 0 bridgehead atoms. The van der Waals surface area contributed by atoms with Gasteiger partial charge in [0.25, 0.3) is 5.91 Å². The Morgan fingerprint density at radius 3 is 2.95 bits per heavy atom. The van der Waals surface area contributed by atoms with E-state index in [9.17, 15) is 9.59 Å². The van der Waals surface area contributed by atoms with Crippen LogP contribution in [0.25, 0.3) is 0 Å². The number of hydrogen-bond donors (Lipinski definition) is 1. The third kappa shape index (κ3) is 3.01. The lowest BCUT2D eigenvalue weighted by Gasteiger charge is -2.20. The summed E-state index contributed by atoms with van der Waals surface area (Å²) in [5, 5.41) is 6.78. The molecule has 3 heterocycles. The molecule has 1 aromatic heterocycles. The molecule has 2 saturated heterocycles. The van der Waals surface area contributed by atoms with Gasteiger partial charge in [-0.1, -0.05) is 0 Å². The molecule has 6 heteroatoms. The Labute approximate surface area is 126 Å². The van der Waals surface area contributed by atoms with E-state index in [1.807, 2.05) is 33.5 Å². The van der Waals surface area contributed by atoms with E-state index in [2.05, 4.69) is 5.32 Å². The van der Waals surface area contributed by atoms with Crippen LogP contribution in [0.5, 0.6) is 0 Å². The topological polar surface area (TPSA) is 49.4 Å². The average Bonchev–Trinajstić information content (AvgIpc) is 3.19. The summed E-state index contributed by atoms with van der Waals surface area (Å²) in [6.45, 7) is 1.43. The van der Waals surface area contributed by atoms with E-state index in [0.29, 0.717) is 12.1 Å². The molecule has 2 atom stereocenters. The van der Waals surface area contributed by atoms with Crippen LogP contribution in [-0.2, 0) is 4.79 Å². The van der Waals surface area contributed by atoms with Crippen LogP contribution in [0.15, 0.2) is 16.8 Å². The SMILES string of the molecule is O=C(N[C@@H]1CCN(C(=O)C2CCSC2)C1)c1ccsc1. The number of hydrogen-bond acceptors (Lipinski definition) is 4. The molecule has 0 radical (unpaired) electrons. The number of nitrogens with one attached hydrogen (secondary N) is 1. The zero-order valence-corrected chi connectivity index (χ0v) is 12.8. The third-order valence-electron chi connectivity index (χ3n) is 3.90. The molecule has 2 aliphatic rings. The van der Waals surface area contributed by atoms with Crippen molar-refractivity contribution >= 4 is 34.9 Å². The second-order valence-electron chi connectivity index (χ2n) is 5.32. The van der Waals surface area contributed by atoms with Crippen molar-refractivity contribution in [1.82, 2.24) is 10.2 Å². The summed E-state index contributed by atoms with van der Waals surface area (Å²) in [6, 6.07) is 1.92. The maximum Gasteiger partial charge on any atom is 0.252 e. The monoisotopic (exact) mass is 310 g/mol. The Morgan fingerprint density at radius 2 is 2.25 bits per heavy atom. The minimum absolute atomic E-state index is 0.0260. The van der Waals surface area contributed by atoms with Crippen LogP contribution < -0.4 is 5.32 Å². The van der Waals surface area contributed by atoms with Crippen LogP contribution in [0.2, 0.25) is 0 Å². The average molecular weight is 310 g/mol. The van der Waals surface area contributed by atoms with Gasteiger partial charge in [0.15, 0.2) is 0 Å². The summed E-state index contributed by atoms with van der Waals surface area (Å²) in [5.41, 5.74) is 0.715. The van der Waals surface area contributed by atoms with Crippen LogP contribution in [0.1, 0.15) is 23.2 Å². The van der Waals surface area contributed by atoms with Gasteiger partial charge in [0.2, 0.25) is 5.91 Å². The molecule has 108 valence electrons. The van der Waals surface area contributed by atoms with E-state index < -0.39 is 0 Å². The molecule has 0 saturated carbocycles. The smallest absolute Gasteiger partial charge is 0.252 e. The molecule has 1 aromatic rings. The lowest BCUT2D eigenvalue weighted by atomic mass is 10.1. The minimum Gasteiger partial charge on any atom is -0.347 e. The van der Waals surface area contributed by atoms with Crippen molar-refractivity contribution in [2.24, 2.45) is 5.92 Å². The molecule has 0 aliphatic carbocycles. The number of thioether (sulfide) groups is 1. The maximum atomic E-state index is 12.3. The fraction of sp³-hybridized carbons (Fsp3) is 0.571. The summed E-state index contributed by atoms with van der Waals surface area (Å²) in [4.78, 5) is 26.2. The highest BCUT2D eigenvalue weighted by atomic mass is 32.2. The van der Waals surface area contributed by atoms with E-state index in [-0.39, 0.29) is 23.8 Å². The van der Waals surface area contributed by atoms with Crippen molar-refractivity contribution < 1.29 is 9.59 Å². The summed E-state index contributed by atoms with van der Waals surface area (Å²) in [5.74, 6) is 2.51. The lowest BCUT2D eigenvalue weighted by molar-refractivity contribution is -0.133. The summed E-state index contributed by atoms with van der Waals surface area (Å²) >= 11 is 3.38. The summed E-state index contributed by atoms with van der Waals surface area (Å²) in [6.07, 6.45) is 1.87. The van der Waals surface area contributed by atoms with E-state index in [0.717, 1.165) is 30.9 Å². The Morgan fingerprint density at radius 1 is 1.35 bits per heavy atom. The van der Waals surface area contributed by atoms with Gasteiger partial charge in [-0.25, -0.2) is 0 Å². The molecule has 1 N–H and O–H groups in total. The predicted molar refractivity (Wildman–Crippen MR) is 82.2 cm³/mol. The minimum atomic E-state index is -0.0260. The van der Waals surface area contributed by atoms with Gasteiger partial charge in [0.05, 0.1) is 0 Å². The predicted octanol–water partition coefficient (Wildman–Crippen LogP) is 1.83. The van der Waals surface area contributed by atoms with Crippen molar-refractivity contribution in [3.63, 3.8) is 0 Å². The van der Waals surface area contributed by atoms with Crippen LogP contribution in [0.4, 0.5) is 0 Å². The number of nitrogens with zero attached hydrogens (tertiary/aromatic N) is 1. The van der Waals surface area contributed by atoms with Crippen LogP contribution >= 0.6 is 23.1 Å². The molecule has 0 spiro atoms. The molecular formula is C14H18N2O2S2. The van der Waals surface area contributed by atoms with Gasteiger partial charge in [-0.15, -0.1) is 0 Å². The van der Waals surface area contributed by atoms with Crippen LogP contribution in [0.3, 0.4) is 0 Å². The highest BCUT2D eigenvalue weighted by Crippen LogP contribution is 2.26.